The van der Waals surface area contributed by atoms with E-state index in [2.05, 4.69) is 13.5 Å². The van der Waals surface area contributed by atoms with Crippen molar-refractivity contribution in [1.82, 2.24) is 4.90 Å². The Morgan fingerprint density at radius 2 is 2.08 bits per heavy atom. The summed E-state index contributed by atoms with van der Waals surface area (Å²) in [6.07, 6.45) is 5.21. The van der Waals surface area contributed by atoms with E-state index in [-0.39, 0.29) is 5.91 Å². The maximum Gasteiger partial charge on any atom is 0.245 e. The fraction of sp³-hybridized carbons (Fsp3) is 0.727. The molecule has 1 aliphatic carbocycles. The van der Waals surface area contributed by atoms with E-state index < -0.39 is 0 Å². The van der Waals surface area contributed by atoms with Crippen LogP contribution in [0, 0.1) is 11.3 Å². The predicted octanol–water partition coefficient (Wildman–Crippen LogP) is 1.82. The molecule has 0 N–H and O–H groups in total. The topological polar surface area (TPSA) is 20.3 Å². The van der Waals surface area contributed by atoms with Gasteiger partial charge in [0.1, 0.15) is 0 Å². The highest BCUT2D eigenvalue weighted by Gasteiger charge is 2.51. The monoisotopic (exact) mass is 179 g/mol. The van der Waals surface area contributed by atoms with E-state index in [1.165, 1.54) is 25.3 Å². The zero-order chi connectivity index (χ0) is 9.47. The van der Waals surface area contributed by atoms with Gasteiger partial charge in [-0.05, 0) is 36.7 Å². The molecule has 2 nitrogen and oxygen atoms in total. The average Bonchev–Trinajstić information content (AvgIpc) is 2.76. The summed E-state index contributed by atoms with van der Waals surface area (Å²) < 4.78 is 0. The van der Waals surface area contributed by atoms with Crippen LogP contribution in [-0.4, -0.2) is 23.9 Å². The third-order valence-electron chi connectivity index (χ3n) is 3.84. The minimum atomic E-state index is 0.100. The third kappa shape index (κ3) is 1.38. The number of nitrogens with zero attached hydrogens (tertiary/aromatic N) is 1. The van der Waals surface area contributed by atoms with Crippen LogP contribution in [0.15, 0.2) is 12.7 Å². The van der Waals surface area contributed by atoms with Gasteiger partial charge < -0.3 is 4.90 Å². The van der Waals surface area contributed by atoms with E-state index in [4.69, 9.17) is 0 Å². The van der Waals surface area contributed by atoms with Crippen molar-refractivity contribution < 1.29 is 4.79 Å². The largest absolute Gasteiger partial charge is 0.339 e. The van der Waals surface area contributed by atoms with Gasteiger partial charge in [0.25, 0.3) is 0 Å². The van der Waals surface area contributed by atoms with E-state index in [0.29, 0.717) is 5.41 Å². The van der Waals surface area contributed by atoms with Crippen LogP contribution in [0.3, 0.4) is 0 Å². The van der Waals surface area contributed by atoms with Crippen molar-refractivity contribution >= 4 is 5.91 Å². The van der Waals surface area contributed by atoms with Crippen LogP contribution in [0.5, 0.6) is 0 Å². The summed E-state index contributed by atoms with van der Waals surface area (Å²) in [4.78, 5) is 13.2. The first-order valence-electron chi connectivity index (χ1n) is 5.09. The molecule has 2 heteroatoms. The Bertz CT molecular complexity index is 238. The Morgan fingerprint density at radius 1 is 1.54 bits per heavy atom. The molecule has 0 bridgehead atoms. The Hall–Kier alpha value is -0.790. The highest BCUT2D eigenvalue weighted by molar-refractivity contribution is 5.87. The smallest absolute Gasteiger partial charge is 0.245 e. The molecule has 0 radical (unpaired) electrons. The fourth-order valence-electron chi connectivity index (χ4n) is 2.55. The van der Waals surface area contributed by atoms with E-state index in [1.807, 2.05) is 4.90 Å². The van der Waals surface area contributed by atoms with Gasteiger partial charge in [-0.3, -0.25) is 4.79 Å². The zero-order valence-corrected chi connectivity index (χ0v) is 8.25. The minimum Gasteiger partial charge on any atom is -0.339 e. The van der Waals surface area contributed by atoms with E-state index in [9.17, 15) is 4.79 Å². The molecule has 1 spiro atoms. The quantitative estimate of drug-likeness (QED) is 0.562. The van der Waals surface area contributed by atoms with Gasteiger partial charge in [-0.2, -0.15) is 0 Å². The lowest BCUT2D eigenvalue weighted by Gasteiger charge is -2.32. The lowest BCUT2D eigenvalue weighted by atomic mass is 9.91. The van der Waals surface area contributed by atoms with Gasteiger partial charge >= 0.3 is 0 Å². The number of hydrogen-bond donors (Lipinski definition) is 0. The van der Waals surface area contributed by atoms with Crippen LogP contribution in [0.4, 0.5) is 0 Å². The third-order valence-corrected chi connectivity index (χ3v) is 3.84. The number of likely N-dealkylation sites (tertiary alicyclic amines) is 1. The van der Waals surface area contributed by atoms with Gasteiger partial charge in [0.2, 0.25) is 5.91 Å². The van der Waals surface area contributed by atoms with Crippen molar-refractivity contribution in [3.05, 3.63) is 12.7 Å². The summed E-state index contributed by atoms with van der Waals surface area (Å²) in [5, 5.41) is 0. The summed E-state index contributed by atoms with van der Waals surface area (Å²) in [5.74, 6) is 0.997. The summed E-state index contributed by atoms with van der Waals surface area (Å²) in [6, 6.07) is 0. The molecule has 1 amide bonds. The maximum absolute atomic E-state index is 11.3. The van der Waals surface area contributed by atoms with E-state index in [1.54, 1.807) is 0 Å². The lowest BCUT2D eigenvalue weighted by molar-refractivity contribution is -0.127. The molecule has 2 rings (SSSR count). The first-order valence-corrected chi connectivity index (χ1v) is 5.09. The summed E-state index contributed by atoms with van der Waals surface area (Å²) in [7, 11) is 0. The summed E-state index contributed by atoms with van der Waals surface area (Å²) >= 11 is 0. The van der Waals surface area contributed by atoms with Crippen molar-refractivity contribution in [2.75, 3.05) is 13.1 Å². The second-order valence-corrected chi connectivity index (χ2v) is 4.50. The molecular formula is C11H17NO. The number of piperidine rings is 1. The average molecular weight is 179 g/mol. The molecule has 2 aliphatic rings. The molecular weight excluding hydrogens is 162 g/mol. The predicted molar refractivity (Wildman–Crippen MR) is 52.2 cm³/mol. The number of amides is 1. The van der Waals surface area contributed by atoms with Crippen LogP contribution >= 0.6 is 0 Å². The number of rotatable bonds is 1. The van der Waals surface area contributed by atoms with Crippen molar-refractivity contribution in [3.8, 4) is 0 Å². The van der Waals surface area contributed by atoms with Gasteiger partial charge in [0.05, 0.1) is 0 Å². The Labute approximate surface area is 79.6 Å². The number of carbonyl (C=O) groups excluding carboxylic acids is 1. The first-order chi connectivity index (χ1) is 6.18. The summed E-state index contributed by atoms with van der Waals surface area (Å²) in [5.41, 5.74) is 0.623. The maximum atomic E-state index is 11.3. The second kappa shape index (κ2) is 2.86. The summed E-state index contributed by atoms with van der Waals surface area (Å²) in [6.45, 7) is 7.72. The van der Waals surface area contributed by atoms with Crippen LogP contribution in [0.1, 0.15) is 26.2 Å². The van der Waals surface area contributed by atoms with Gasteiger partial charge in [0, 0.05) is 13.1 Å². The van der Waals surface area contributed by atoms with Gasteiger partial charge in [-0.25, -0.2) is 0 Å². The molecule has 72 valence electrons. The highest BCUT2D eigenvalue weighted by Crippen LogP contribution is 2.58. The molecule has 2 fully saturated rings. The highest BCUT2D eigenvalue weighted by atomic mass is 16.2. The molecule has 1 saturated carbocycles. The minimum absolute atomic E-state index is 0.100. The van der Waals surface area contributed by atoms with Crippen molar-refractivity contribution in [3.63, 3.8) is 0 Å². The molecule has 1 saturated heterocycles. The Balaban J connectivity index is 1.90. The normalized spacial score (nSPS) is 30.2. The second-order valence-electron chi connectivity index (χ2n) is 4.50. The molecule has 1 aliphatic heterocycles. The van der Waals surface area contributed by atoms with Crippen molar-refractivity contribution in [2.45, 2.75) is 26.2 Å². The lowest BCUT2D eigenvalue weighted by Crippen LogP contribution is -2.38. The van der Waals surface area contributed by atoms with Crippen LogP contribution in [0.2, 0.25) is 0 Å². The number of hydrogen-bond acceptors (Lipinski definition) is 1. The molecule has 0 aromatic rings. The van der Waals surface area contributed by atoms with Gasteiger partial charge in [-0.1, -0.05) is 13.5 Å². The van der Waals surface area contributed by atoms with E-state index >= 15 is 0 Å². The van der Waals surface area contributed by atoms with Crippen molar-refractivity contribution in [2.24, 2.45) is 11.3 Å². The molecule has 13 heavy (non-hydrogen) atoms. The zero-order valence-electron chi connectivity index (χ0n) is 8.25. The molecule has 1 atom stereocenters. The SMILES string of the molecule is C=CC(=O)N1CCC2(CC1)CC2C. The Kier molecular flexibility index (Phi) is 1.94. The first kappa shape index (κ1) is 8.79. The van der Waals surface area contributed by atoms with Crippen LogP contribution in [-0.2, 0) is 4.79 Å². The van der Waals surface area contributed by atoms with Crippen LogP contribution in [0.25, 0.3) is 0 Å². The fourth-order valence-corrected chi connectivity index (χ4v) is 2.55. The molecule has 1 unspecified atom stereocenters. The van der Waals surface area contributed by atoms with E-state index in [0.717, 1.165) is 19.0 Å². The van der Waals surface area contributed by atoms with Gasteiger partial charge in [0.15, 0.2) is 0 Å². The molecule has 0 aromatic carbocycles. The molecule has 0 aromatic heterocycles. The number of carbonyl (C=O) groups is 1. The standard InChI is InChI=1S/C11H17NO/c1-3-10(13)12-6-4-11(5-7-12)8-9(11)2/h3,9H,1,4-8H2,2H3. The van der Waals surface area contributed by atoms with Gasteiger partial charge in [-0.15, -0.1) is 0 Å². The molecule has 1 heterocycles. The Morgan fingerprint density at radius 3 is 2.46 bits per heavy atom. The van der Waals surface area contributed by atoms with Crippen LogP contribution < -0.4 is 0 Å². The van der Waals surface area contributed by atoms with Crippen molar-refractivity contribution in [1.29, 1.82) is 0 Å².